The van der Waals surface area contributed by atoms with Gasteiger partial charge < -0.3 is 10.3 Å². The Labute approximate surface area is 127 Å². The summed E-state index contributed by atoms with van der Waals surface area (Å²) in [4.78, 5) is 20.3. The number of nitrogens with one attached hydrogen (secondary N) is 2. The predicted octanol–water partition coefficient (Wildman–Crippen LogP) is 4.02. The Hall–Kier alpha value is -2.14. The van der Waals surface area contributed by atoms with Crippen molar-refractivity contribution >= 4 is 33.7 Å². The molecule has 5 heteroatoms. The van der Waals surface area contributed by atoms with Gasteiger partial charge in [0.1, 0.15) is 0 Å². The molecule has 21 heavy (non-hydrogen) atoms. The van der Waals surface area contributed by atoms with Crippen LogP contribution in [0.5, 0.6) is 0 Å². The number of hydrogen-bond acceptors (Lipinski definition) is 4. The van der Waals surface area contributed by atoms with Crippen molar-refractivity contribution in [1.82, 2.24) is 9.97 Å². The number of carbonyl (C=O) groups excluding carboxylic acids is 1. The summed E-state index contributed by atoms with van der Waals surface area (Å²) < 4.78 is 0. The topological polar surface area (TPSA) is 57.8 Å². The molecule has 3 aromatic rings. The Morgan fingerprint density at radius 2 is 2.19 bits per heavy atom. The van der Waals surface area contributed by atoms with E-state index < -0.39 is 0 Å². The van der Waals surface area contributed by atoms with Gasteiger partial charge in [-0.1, -0.05) is 19.9 Å². The number of benzene rings is 1. The number of fused-ring (bicyclic) bond motifs is 1. The first-order chi connectivity index (χ1) is 10.1. The van der Waals surface area contributed by atoms with E-state index in [1.54, 1.807) is 6.20 Å². The summed E-state index contributed by atoms with van der Waals surface area (Å²) in [6.45, 7) is 4.15. The summed E-state index contributed by atoms with van der Waals surface area (Å²) in [6.07, 6.45) is 1.77. The molecule has 2 heterocycles. The first-order valence-electron chi connectivity index (χ1n) is 6.89. The van der Waals surface area contributed by atoms with Crippen molar-refractivity contribution in [3.63, 3.8) is 0 Å². The van der Waals surface area contributed by atoms with Crippen LogP contribution in [0.25, 0.3) is 10.9 Å². The number of aromatic amines is 1. The number of anilines is 1. The molecule has 0 radical (unpaired) electrons. The molecule has 0 saturated heterocycles. The fourth-order valence-corrected chi connectivity index (χ4v) is 3.28. The number of rotatable bonds is 4. The van der Waals surface area contributed by atoms with E-state index in [-0.39, 0.29) is 5.78 Å². The van der Waals surface area contributed by atoms with E-state index in [1.807, 2.05) is 30.6 Å². The molecule has 0 amide bonds. The molecule has 0 saturated carbocycles. The SMILES string of the molecule is CNc1cccc2[nH]cc(C(=O)c3nc(C(C)C)cs3)c12. The Morgan fingerprint density at radius 3 is 2.86 bits per heavy atom. The minimum Gasteiger partial charge on any atom is -0.388 e. The van der Waals surface area contributed by atoms with Gasteiger partial charge in [-0.15, -0.1) is 11.3 Å². The molecule has 4 nitrogen and oxygen atoms in total. The Morgan fingerprint density at radius 1 is 1.38 bits per heavy atom. The smallest absolute Gasteiger partial charge is 0.223 e. The van der Waals surface area contributed by atoms with Crippen molar-refractivity contribution in [3.8, 4) is 0 Å². The molecule has 0 aliphatic heterocycles. The average molecular weight is 299 g/mol. The number of aromatic nitrogens is 2. The zero-order valence-electron chi connectivity index (χ0n) is 12.2. The highest BCUT2D eigenvalue weighted by Crippen LogP contribution is 2.29. The second kappa shape index (κ2) is 5.33. The third kappa shape index (κ3) is 2.34. The monoisotopic (exact) mass is 299 g/mol. The Kier molecular flexibility index (Phi) is 3.51. The fourth-order valence-electron chi connectivity index (χ4n) is 2.34. The van der Waals surface area contributed by atoms with Crippen molar-refractivity contribution in [1.29, 1.82) is 0 Å². The third-order valence-corrected chi connectivity index (χ3v) is 4.39. The van der Waals surface area contributed by atoms with E-state index in [9.17, 15) is 4.79 Å². The lowest BCUT2D eigenvalue weighted by atomic mass is 10.1. The molecule has 108 valence electrons. The largest absolute Gasteiger partial charge is 0.388 e. The van der Waals surface area contributed by atoms with Crippen LogP contribution in [0.2, 0.25) is 0 Å². The second-order valence-corrected chi connectivity index (χ2v) is 6.10. The average Bonchev–Trinajstić information content (AvgIpc) is 3.13. The molecule has 0 unspecified atom stereocenters. The summed E-state index contributed by atoms with van der Waals surface area (Å²) in [6, 6.07) is 5.89. The summed E-state index contributed by atoms with van der Waals surface area (Å²) in [5, 5.41) is 6.57. The molecular formula is C16H17N3OS. The number of hydrogen-bond donors (Lipinski definition) is 2. The third-order valence-electron chi connectivity index (χ3n) is 3.53. The predicted molar refractivity (Wildman–Crippen MR) is 87.5 cm³/mol. The van der Waals surface area contributed by atoms with E-state index >= 15 is 0 Å². The van der Waals surface area contributed by atoms with Crippen molar-refractivity contribution in [3.05, 3.63) is 46.0 Å². The lowest BCUT2D eigenvalue weighted by Crippen LogP contribution is -2.02. The Balaban J connectivity index is 2.09. The van der Waals surface area contributed by atoms with E-state index in [0.717, 1.165) is 22.3 Å². The van der Waals surface area contributed by atoms with Crippen molar-refractivity contribution in [2.45, 2.75) is 19.8 Å². The van der Waals surface area contributed by atoms with E-state index in [0.29, 0.717) is 16.5 Å². The summed E-state index contributed by atoms with van der Waals surface area (Å²) in [5.41, 5.74) is 3.53. The van der Waals surface area contributed by atoms with Gasteiger partial charge in [-0.25, -0.2) is 4.98 Å². The lowest BCUT2D eigenvalue weighted by Gasteiger charge is -2.04. The lowest BCUT2D eigenvalue weighted by molar-refractivity contribution is 0.104. The van der Waals surface area contributed by atoms with Crippen LogP contribution in [-0.4, -0.2) is 22.8 Å². The number of H-pyrrole nitrogens is 1. The van der Waals surface area contributed by atoms with Crippen LogP contribution in [0.4, 0.5) is 5.69 Å². The second-order valence-electron chi connectivity index (χ2n) is 5.24. The van der Waals surface area contributed by atoms with Gasteiger partial charge in [0.15, 0.2) is 5.01 Å². The fraction of sp³-hybridized carbons (Fsp3) is 0.250. The van der Waals surface area contributed by atoms with Crippen LogP contribution < -0.4 is 5.32 Å². The minimum absolute atomic E-state index is 0.0270. The van der Waals surface area contributed by atoms with Crippen molar-refractivity contribution < 1.29 is 4.79 Å². The van der Waals surface area contributed by atoms with Crippen LogP contribution >= 0.6 is 11.3 Å². The van der Waals surface area contributed by atoms with Gasteiger partial charge in [-0.3, -0.25) is 4.79 Å². The minimum atomic E-state index is -0.0270. The van der Waals surface area contributed by atoms with Gasteiger partial charge in [0.25, 0.3) is 0 Å². The van der Waals surface area contributed by atoms with Gasteiger partial charge in [-0.05, 0) is 18.1 Å². The van der Waals surface area contributed by atoms with Crippen LogP contribution in [0.15, 0.2) is 29.8 Å². The number of nitrogens with zero attached hydrogens (tertiary/aromatic N) is 1. The molecule has 2 aromatic heterocycles. The van der Waals surface area contributed by atoms with Crippen molar-refractivity contribution in [2.24, 2.45) is 0 Å². The quantitative estimate of drug-likeness (QED) is 0.715. The zero-order valence-corrected chi connectivity index (χ0v) is 13.0. The zero-order chi connectivity index (χ0) is 15.0. The molecule has 0 spiro atoms. The van der Waals surface area contributed by atoms with E-state index in [1.165, 1.54) is 11.3 Å². The first-order valence-corrected chi connectivity index (χ1v) is 7.77. The van der Waals surface area contributed by atoms with E-state index in [2.05, 4.69) is 29.1 Å². The highest BCUT2D eigenvalue weighted by Gasteiger charge is 2.19. The highest BCUT2D eigenvalue weighted by atomic mass is 32.1. The van der Waals surface area contributed by atoms with Crippen LogP contribution in [-0.2, 0) is 0 Å². The standard InChI is InChI=1S/C16H17N3OS/c1-9(2)13-8-21-16(19-13)15(20)10-7-18-12-6-4-5-11(17-3)14(10)12/h4-9,17-18H,1-3H3. The maximum Gasteiger partial charge on any atom is 0.223 e. The molecule has 0 aliphatic carbocycles. The summed E-state index contributed by atoms with van der Waals surface area (Å²) >= 11 is 1.41. The molecule has 0 aliphatic rings. The van der Waals surface area contributed by atoms with Crippen LogP contribution in [0, 0.1) is 0 Å². The van der Waals surface area contributed by atoms with Crippen LogP contribution in [0.1, 0.15) is 40.8 Å². The first kappa shape index (κ1) is 13.8. The molecule has 2 N–H and O–H groups in total. The molecule has 3 rings (SSSR count). The number of thiazole rings is 1. The molecular weight excluding hydrogens is 282 g/mol. The van der Waals surface area contributed by atoms with Gasteiger partial charge >= 0.3 is 0 Å². The molecule has 0 fully saturated rings. The Bertz CT molecular complexity index is 801. The summed E-state index contributed by atoms with van der Waals surface area (Å²) in [5.74, 6) is 0.305. The maximum absolute atomic E-state index is 12.7. The van der Waals surface area contributed by atoms with Gasteiger partial charge in [0, 0.05) is 35.2 Å². The van der Waals surface area contributed by atoms with Gasteiger partial charge in [0.05, 0.1) is 11.3 Å². The maximum atomic E-state index is 12.7. The normalized spacial score (nSPS) is 11.2. The van der Waals surface area contributed by atoms with Gasteiger partial charge in [0.2, 0.25) is 5.78 Å². The van der Waals surface area contributed by atoms with Gasteiger partial charge in [-0.2, -0.15) is 0 Å². The van der Waals surface area contributed by atoms with Crippen LogP contribution in [0.3, 0.4) is 0 Å². The summed E-state index contributed by atoms with van der Waals surface area (Å²) in [7, 11) is 1.86. The molecule has 0 atom stereocenters. The number of carbonyl (C=O) groups is 1. The van der Waals surface area contributed by atoms with E-state index in [4.69, 9.17) is 0 Å². The molecule has 0 bridgehead atoms. The molecule has 1 aromatic carbocycles. The van der Waals surface area contributed by atoms with Crippen molar-refractivity contribution in [2.75, 3.05) is 12.4 Å². The number of ketones is 1. The highest BCUT2D eigenvalue weighted by molar-refractivity contribution is 7.12.